The summed E-state index contributed by atoms with van der Waals surface area (Å²) in [6.45, 7) is 3.12. The number of para-hydroxylation sites is 1. The number of hydrogen-bond donors (Lipinski definition) is 2. The Morgan fingerprint density at radius 2 is 1.75 bits per heavy atom. The van der Waals surface area contributed by atoms with Crippen LogP contribution < -0.4 is 15.4 Å². The monoisotopic (exact) mass is 371 g/mol. The molecule has 0 aliphatic rings. The molecule has 6 nitrogen and oxygen atoms in total. The van der Waals surface area contributed by atoms with Gasteiger partial charge in [-0.25, -0.2) is 9.97 Å². The smallest absolute Gasteiger partial charge is 0.230 e. The number of nitrogens with one attached hydrogen (secondary N) is 2. The zero-order valence-electron chi connectivity index (χ0n) is 15.6. The Kier molecular flexibility index (Phi) is 5.29. The molecule has 0 bridgehead atoms. The van der Waals surface area contributed by atoms with Gasteiger partial charge in [-0.15, -0.1) is 0 Å². The van der Waals surface area contributed by atoms with E-state index in [-0.39, 0.29) is 0 Å². The maximum absolute atomic E-state index is 5.70. The van der Waals surface area contributed by atoms with Crippen LogP contribution in [0.15, 0.2) is 72.9 Å². The summed E-state index contributed by atoms with van der Waals surface area (Å²) < 4.78 is 5.70. The number of aromatic nitrogens is 3. The van der Waals surface area contributed by atoms with Crippen LogP contribution >= 0.6 is 0 Å². The second-order valence-corrected chi connectivity index (χ2v) is 6.31. The molecule has 0 amide bonds. The molecule has 4 aromatic rings. The molecule has 0 fully saturated rings. The number of pyridine rings is 1. The van der Waals surface area contributed by atoms with Crippen LogP contribution in [0, 0.1) is 6.92 Å². The third-order valence-electron chi connectivity index (χ3n) is 4.18. The van der Waals surface area contributed by atoms with Crippen LogP contribution in [0.4, 0.5) is 17.6 Å². The first-order valence-electron chi connectivity index (χ1n) is 9.16. The quantitative estimate of drug-likeness (QED) is 0.464. The number of nitrogens with zero attached hydrogens (tertiary/aromatic N) is 3. The zero-order chi connectivity index (χ0) is 19.2. The summed E-state index contributed by atoms with van der Waals surface area (Å²) in [5.41, 5.74) is 0.865. The molecule has 140 valence electrons. The maximum atomic E-state index is 5.70. The highest BCUT2D eigenvalue weighted by Gasteiger charge is 2.06. The normalized spacial score (nSPS) is 10.6. The summed E-state index contributed by atoms with van der Waals surface area (Å²) in [6.07, 6.45) is 1.78. The number of benzene rings is 2. The number of fused-ring (bicyclic) bond motifs is 1. The first-order chi connectivity index (χ1) is 13.8. The van der Waals surface area contributed by atoms with Crippen molar-refractivity contribution in [3.05, 3.63) is 78.6 Å². The van der Waals surface area contributed by atoms with E-state index in [1.807, 2.05) is 67.6 Å². The van der Waals surface area contributed by atoms with Crippen molar-refractivity contribution in [3.8, 4) is 5.75 Å². The molecule has 6 heteroatoms. The Morgan fingerprint density at radius 1 is 0.929 bits per heavy atom. The standard InChI is InChI=1S/C22H21N5O/c1-16-15-20(23-13-14-28-18-8-3-2-4-9-18)26-22(25-16)27-21-19-10-6-5-7-17(19)11-12-24-21/h2-12,15H,13-14H2,1H3,(H2,23,24,25,26,27). The molecular formula is C22H21N5O. The van der Waals surface area contributed by atoms with Crippen molar-refractivity contribution in [1.82, 2.24) is 15.0 Å². The van der Waals surface area contributed by atoms with Crippen molar-refractivity contribution < 1.29 is 4.74 Å². The molecule has 2 aromatic heterocycles. The Morgan fingerprint density at radius 3 is 2.64 bits per heavy atom. The van der Waals surface area contributed by atoms with Crippen LogP contribution in [0.3, 0.4) is 0 Å². The van der Waals surface area contributed by atoms with Crippen LogP contribution in [0.25, 0.3) is 10.8 Å². The van der Waals surface area contributed by atoms with E-state index < -0.39 is 0 Å². The first-order valence-corrected chi connectivity index (χ1v) is 9.16. The van der Waals surface area contributed by atoms with Crippen LogP contribution in [0.5, 0.6) is 5.75 Å². The van der Waals surface area contributed by atoms with Gasteiger partial charge in [0.05, 0.1) is 6.54 Å². The van der Waals surface area contributed by atoms with E-state index in [1.54, 1.807) is 6.20 Å². The topological polar surface area (TPSA) is 72.0 Å². The van der Waals surface area contributed by atoms with Gasteiger partial charge in [-0.1, -0.05) is 42.5 Å². The van der Waals surface area contributed by atoms with Crippen LogP contribution in [-0.4, -0.2) is 28.1 Å². The van der Waals surface area contributed by atoms with E-state index in [0.717, 1.165) is 33.9 Å². The molecule has 0 unspecified atom stereocenters. The van der Waals surface area contributed by atoms with Gasteiger partial charge in [0.25, 0.3) is 0 Å². The Bertz CT molecular complexity index is 1060. The van der Waals surface area contributed by atoms with E-state index in [1.165, 1.54) is 0 Å². The van der Waals surface area contributed by atoms with E-state index >= 15 is 0 Å². The second-order valence-electron chi connectivity index (χ2n) is 6.31. The molecule has 0 aliphatic heterocycles. The van der Waals surface area contributed by atoms with Crippen molar-refractivity contribution in [2.75, 3.05) is 23.8 Å². The second kappa shape index (κ2) is 8.35. The van der Waals surface area contributed by atoms with Crippen molar-refractivity contribution in [1.29, 1.82) is 0 Å². The highest BCUT2D eigenvalue weighted by atomic mass is 16.5. The van der Waals surface area contributed by atoms with Crippen LogP contribution in [0.1, 0.15) is 5.69 Å². The number of anilines is 3. The number of ether oxygens (including phenoxy) is 1. The summed E-state index contributed by atoms with van der Waals surface area (Å²) in [5, 5.41) is 8.67. The third-order valence-corrected chi connectivity index (χ3v) is 4.18. The average molecular weight is 371 g/mol. The van der Waals surface area contributed by atoms with Crippen molar-refractivity contribution in [3.63, 3.8) is 0 Å². The minimum atomic E-state index is 0.510. The summed E-state index contributed by atoms with van der Waals surface area (Å²) in [6, 6.07) is 21.7. The minimum absolute atomic E-state index is 0.510. The molecule has 4 rings (SSSR count). The molecule has 0 radical (unpaired) electrons. The van der Waals surface area contributed by atoms with Gasteiger partial charge in [0.2, 0.25) is 5.95 Å². The first kappa shape index (κ1) is 17.7. The molecule has 0 saturated carbocycles. The fourth-order valence-electron chi connectivity index (χ4n) is 2.90. The number of rotatable bonds is 7. The molecule has 0 aliphatic carbocycles. The highest BCUT2D eigenvalue weighted by molar-refractivity contribution is 5.92. The summed E-state index contributed by atoms with van der Waals surface area (Å²) in [5.74, 6) is 2.84. The predicted molar refractivity (Wildman–Crippen MR) is 112 cm³/mol. The van der Waals surface area contributed by atoms with Gasteiger partial charge in [-0.05, 0) is 30.5 Å². The van der Waals surface area contributed by atoms with E-state index in [2.05, 4.69) is 31.7 Å². The minimum Gasteiger partial charge on any atom is -0.492 e. The molecular weight excluding hydrogens is 350 g/mol. The Labute approximate surface area is 163 Å². The van der Waals surface area contributed by atoms with Crippen molar-refractivity contribution >= 4 is 28.4 Å². The number of aryl methyl sites for hydroxylation is 1. The van der Waals surface area contributed by atoms with Crippen LogP contribution in [-0.2, 0) is 0 Å². The molecule has 0 atom stereocenters. The largest absolute Gasteiger partial charge is 0.492 e. The molecule has 0 saturated heterocycles. The van der Waals surface area contributed by atoms with Gasteiger partial charge in [0.15, 0.2) is 0 Å². The lowest BCUT2D eigenvalue weighted by Crippen LogP contribution is -2.13. The lowest BCUT2D eigenvalue weighted by Gasteiger charge is -2.11. The van der Waals surface area contributed by atoms with Gasteiger partial charge >= 0.3 is 0 Å². The van der Waals surface area contributed by atoms with Gasteiger partial charge in [-0.3, -0.25) is 0 Å². The lowest BCUT2D eigenvalue weighted by atomic mass is 10.1. The predicted octanol–water partition coefficient (Wildman–Crippen LogP) is 4.57. The van der Waals surface area contributed by atoms with Gasteiger partial charge in [0.1, 0.15) is 24.0 Å². The molecule has 28 heavy (non-hydrogen) atoms. The summed E-state index contributed by atoms with van der Waals surface area (Å²) in [7, 11) is 0. The SMILES string of the molecule is Cc1cc(NCCOc2ccccc2)nc(Nc2nccc3ccccc23)n1. The average Bonchev–Trinajstić information content (AvgIpc) is 2.72. The van der Waals surface area contributed by atoms with Crippen LogP contribution in [0.2, 0.25) is 0 Å². The fraction of sp³-hybridized carbons (Fsp3) is 0.136. The van der Waals surface area contributed by atoms with Gasteiger partial charge < -0.3 is 15.4 Å². The van der Waals surface area contributed by atoms with E-state index in [0.29, 0.717) is 19.1 Å². The summed E-state index contributed by atoms with van der Waals surface area (Å²) in [4.78, 5) is 13.5. The van der Waals surface area contributed by atoms with Gasteiger partial charge in [-0.2, -0.15) is 4.98 Å². The lowest BCUT2D eigenvalue weighted by molar-refractivity contribution is 0.333. The van der Waals surface area contributed by atoms with Crippen molar-refractivity contribution in [2.24, 2.45) is 0 Å². The van der Waals surface area contributed by atoms with Crippen molar-refractivity contribution in [2.45, 2.75) is 6.92 Å². The zero-order valence-corrected chi connectivity index (χ0v) is 15.6. The summed E-state index contributed by atoms with van der Waals surface area (Å²) >= 11 is 0. The molecule has 2 heterocycles. The number of hydrogen-bond acceptors (Lipinski definition) is 6. The molecule has 2 N–H and O–H groups in total. The van der Waals surface area contributed by atoms with Gasteiger partial charge in [0, 0.05) is 23.3 Å². The fourth-order valence-corrected chi connectivity index (χ4v) is 2.90. The Hall–Kier alpha value is -3.67. The third kappa shape index (κ3) is 4.35. The molecule has 0 spiro atoms. The van der Waals surface area contributed by atoms with E-state index in [9.17, 15) is 0 Å². The van der Waals surface area contributed by atoms with E-state index in [4.69, 9.17) is 4.74 Å². The Balaban J connectivity index is 1.43. The highest BCUT2D eigenvalue weighted by Crippen LogP contribution is 2.23. The maximum Gasteiger partial charge on any atom is 0.230 e. The molecule has 2 aromatic carbocycles.